The van der Waals surface area contributed by atoms with E-state index in [0.29, 0.717) is 38.3 Å². The first-order valence-corrected chi connectivity index (χ1v) is 27.8. The largest absolute Gasteiger partial charge is 0.493 e. The van der Waals surface area contributed by atoms with Gasteiger partial charge in [0.05, 0.1) is 38.6 Å². The van der Waals surface area contributed by atoms with E-state index in [1.54, 1.807) is 28.4 Å². The van der Waals surface area contributed by atoms with Crippen LogP contribution in [-0.4, -0.2) is 54.9 Å². The highest BCUT2D eigenvalue weighted by Crippen LogP contribution is 2.52. The average Bonchev–Trinajstić information content (AvgIpc) is 3.37. The van der Waals surface area contributed by atoms with Crippen molar-refractivity contribution >= 4 is 0 Å². The predicted molar refractivity (Wildman–Crippen MR) is 297 cm³/mol. The Labute approximate surface area is 433 Å². The molecule has 0 bridgehead atoms. The Morgan fingerprint density at radius 2 is 0.746 bits per heavy atom. The fourth-order valence-corrected chi connectivity index (χ4v) is 10.6. The minimum absolute atomic E-state index is 0.272. The van der Waals surface area contributed by atoms with Gasteiger partial charge in [0.25, 0.3) is 0 Å². The molecule has 7 heteroatoms. The normalized spacial score (nSPS) is 13.5. The van der Waals surface area contributed by atoms with Crippen molar-refractivity contribution < 1.29 is 33.2 Å². The summed E-state index contributed by atoms with van der Waals surface area (Å²) >= 11 is 0. The van der Waals surface area contributed by atoms with Gasteiger partial charge in [0, 0.05) is 40.3 Å². The quantitative estimate of drug-likeness (QED) is 0.0415. The highest BCUT2D eigenvalue weighted by molar-refractivity contribution is 5.44. The van der Waals surface area contributed by atoms with E-state index >= 15 is 0 Å². The van der Waals surface area contributed by atoms with Crippen LogP contribution in [-0.2, 0) is 38.3 Å². The van der Waals surface area contributed by atoms with Gasteiger partial charge in [-0.2, -0.15) is 0 Å². The molecule has 2 atom stereocenters. The second-order valence-corrected chi connectivity index (χ2v) is 21.3. The molecule has 4 aromatic rings. The van der Waals surface area contributed by atoms with Crippen LogP contribution in [0.15, 0.2) is 84.9 Å². The maximum atomic E-state index is 8.37. The molecule has 4 aromatic carbocycles. The Kier molecular flexibility index (Phi) is 27.0. The molecular formula is C64H98O7. The Bertz CT molecular complexity index is 1910. The molecule has 0 aliphatic rings. The maximum Gasteiger partial charge on any atom is 0.161 e. The first kappa shape index (κ1) is 59.5. The third kappa shape index (κ3) is 18.1. The molecule has 396 valence electrons. The zero-order valence-corrected chi connectivity index (χ0v) is 46.8. The fraction of sp³-hybridized carbons (Fsp3) is 0.625. The van der Waals surface area contributed by atoms with Crippen molar-refractivity contribution in [2.45, 2.75) is 194 Å². The van der Waals surface area contributed by atoms with Gasteiger partial charge in [0.2, 0.25) is 0 Å². The van der Waals surface area contributed by atoms with Crippen LogP contribution >= 0.6 is 0 Å². The minimum Gasteiger partial charge on any atom is -0.493 e. The van der Waals surface area contributed by atoms with Crippen LogP contribution in [0.5, 0.6) is 23.0 Å². The van der Waals surface area contributed by atoms with Crippen molar-refractivity contribution in [2.24, 2.45) is 11.8 Å². The molecule has 0 N–H and O–H groups in total. The monoisotopic (exact) mass is 979 g/mol. The third-order valence-corrected chi connectivity index (χ3v) is 14.8. The molecule has 0 unspecified atom stereocenters. The fourth-order valence-electron chi connectivity index (χ4n) is 10.6. The van der Waals surface area contributed by atoms with Crippen molar-refractivity contribution in [3.63, 3.8) is 0 Å². The number of ether oxygens (including phenoxy) is 7. The van der Waals surface area contributed by atoms with Crippen LogP contribution in [0.3, 0.4) is 0 Å². The van der Waals surface area contributed by atoms with Gasteiger partial charge < -0.3 is 33.2 Å². The van der Waals surface area contributed by atoms with Gasteiger partial charge >= 0.3 is 0 Å². The van der Waals surface area contributed by atoms with E-state index in [1.807, 2.05) is 12.1 Å². The lowest BCUT2D eigenvalue weighted by atomic mass is 9.71. The molecule has 0 spiro atoms. The zero-order chi connectivity index (χ0) is 51.5. The molecule has 0 amide bonds. The topological polar surface area (TPSA) is 64.6 Å². The summed E-state index contributed by atoms with van der Waals surface area (Å²) in [4.78, 5) is 0. The molecular weight excluding hydrogens is 881 g/mol. The summed E-state index contributed by atoms with van der Waals surface area (Å²) in [6, 6.07) is 31.3. The Hall–Kier alpha value is -4.04. The summed E-state index contributed by atoms with van der Waals surface area (Å²) in [6.07, 6.45) is 20.2. The number of hydrogen-bond acceptors (Lipinski definition) is 7. The van der Waals surface area contributed by atoms with Crippen molar-refractivity contribution in [3.05, 3.63) is 118 Å². The van der Waals surface area contributed by atoms with Crippen LogP contribution in [0.4, 0.5) is 0 Å². The lowest BCUT2D eigenvalue weighted by Crippen LogP contribution is -2.48. The summed E-state index contributed by atoms with van der Waals surface area (Å²) in [5.41, 5.74) is 7.31. The predicted octanol–water partition coefficient (Wildman–Crippen LogP) is 17.1. The van der Waals surface area contributed by atoms with E-state index in [9.17, 15) is 0 Å². The van der Waals surface area contributed by atoms with E-state index in [0.717, 1.165) is 74.4 Å². The first-order valence-electron chi connectivity index (χ1n) is 27.8. The second-order valence-electron chi connectivity index (χ2n) is 21.3. The van der Waals surface area contributed by atoms with Gasteiger partial charge in [-0.15, -0.1) is 0 Å². The number of methoxy groups -OCH3 is 4. The Morgan fingerprint density at radius 1 is 0.380 bits per heavy atom. The van der Waals surface area contributed by atoms with Crippen molar-refractivity contribution in [3.8, 4) is 23.0 Å². The molecule has 0 aliphatic heterocycles. The third-order valence-electron chi connectivity index (χ3n) is 14.8. The SMILES string of the molecule is COCCCOc1cc(CCCCCCCC[C@@](O[C@](CCCCCCCCc2ccc(OC)c(OCCCOC)c2)(c2ccccc2C(C)C)C(C)C)(c2ccccc2C(C)C)C(C)C)ccc1OC. The number of unbranched alkanes of at least 4 members (excludes halogenated alkanes) is 10. The van der Waals surface area contributed by atoms with Gasteiger partial charge in [-0.3, -0.25) is 0 Å². The smallest absolute Gasteiger partial charge is 0.161 e. The van der Waals surface area contributed by atoms with Gasteiger partial charge in [0.1, 0.15) is 0 Å². The second kappa shape index (κ2) is 32.2. The van der Waals surface area contributed by atoms with E-state index in [2.05, 4.69) is 128 Å². The highest BCUT2D eigenvalue weighted by Gasteiger charge is 2.49. The van der Waals surface area contributed by atoms with E-state index in [-0.39, 0.29) is 11.8 Å². The summed E-state index contributed by atoms with van der Waals surface area (Å²) in [6.45, 7) is 21.7. The number of hydrogen-bond donors (Lipinski definition) is 0. The average molecular weight is 979 g/mol. The maximum absolute atomic E-state index is 8.37. The van der Waals surface area contributed by atoms with Crippen LogP contribution in [0.1, 0.15) is 203 Å². The molecule has 0 aromatic heterocycles. The summed E-state index contributed by atoms with van der Waals surface area (Å²) < 4.78 is 42.1. The van der Waals surface area contributed by atoms with Gasteiger partial charge in [-0.05, 0) is 120 Å². The Balaban J connectivity index is 1.48. The van der Waals surface area contributed by atoms with Gasteiger partial charge in [-0.25, -0.2) is 0 Å². The van der Waals surface area contributed by atoms with E-state index in [1.165, 1.54) is 97.6 Å². The molecule has 0 radical (unpaired) electrons. The number of aryl methyl sites for hydroxylation is 2. The molecule has 0 heterocycles. The lowest BCUT2D eigenvalue weighted by molar-refractivity contribution is -0.218. The molecule has 4 rings (SSSR count). The molecule has 0 aliphatic carbocycles. The van der Waals surface area contributed by atoms with Crippen LogP contribution < -0.4 is 18.9 Å². The van der Waals surface area contributed by atoms with Crippen LogP contribution in [0, 0.1) is 11.8 Å². The minimum atomic E-state index is -0.455. The Morgan fingerprint density at radius 3 is 1.10 bits per heavy atom. The van der Waals surface area contributed by atoms with E-state index in [4.69, 9.17) is 33.2 Å². The summed E-state index contributed by atoms with van der Waals surface area (Å²) in [5.74, 6) is 4.56. The molecule has 0 fully saturated rings. The van der Waals surface area contributed by atoms with Crippen molar-refractivity contribution in [1.82, 2.24) is 0 Å². The summed E-state index contributed by atoms with van der Waals surface area (Å²) in [5, 5.41) is 0. The first-order chi connectivity index (χ1) is 34.4. The van der Waals surface area contributed by atoms with Crippen LogP contribution in [0.2, 0.25) is 0 Å². The zero-order valence-electron chi connectivity index (χ0n) is 46.8. The molecule has 0 saturated heterocycles. The van der Waals surface area contributed by atoms with Crippen LogP contribution in [0.25, 0.3) is 0 Å². The molecule has 0 saturated carbocycles. The highest BCUT2D eigenvalue weighted by atomic mass is 16.5. The molecule has 71 heavy (non-hydrogen) atoms. The van der Waals surface area contributed by atoms with E-state index < -0.39 is 11.2 Å². The number of rotatable bonds is 38. The number of benzene rings is 4. The standard InChI is InChI=1S/C64H98O7/c1-49(2)55-33-23-25-35-57(55)63(51(5)6,41-27-19-15-13-17-21-31-53-37-39-59(67-11)61(47-53)69-45-29-43-65-9)71-64(52(7)8,58-36-26-24-34-56(58)50(3)4)42-28-20-16-14-18-22-32-54-38-40-60(68-12)62(48-54)70-46-30-44-66-10/h23-26,33-40,47-52H,13-22,27-32,41-46H2,1-12H3/t63-,64-/m0/s1. The van der Waals surface area contributed by atoms with Gasteiger partial charge in [0.15, 0.2) is 23.0 Å². The lowest BCUT2D eigenvalue weighted by Gasteiger charge is -2.51. The van der Waals surface area contributed by atoms with Crippen molar-refractivity contribution in [2.75, 3.05) is 54.9 Å². The van der Waals surface area contributed by atoms with Crippen molar-refractivity contribution in [1.29, 1.82) is 0 Å². The molecule has 7 nitrogen and oxygen atoms in total. The summed E-state index contributed by atoms with van der Waals surface area (Å²) in [7, 11) is 6.87. The van der Waals surface area contributed by atoms with Gasteiger partial charge in [-0.1, -0.05) is 180 Å².